The molecule has 0 amide bonds. The first kappa shape index (κ1) is 14.2. The molecule has 4 nitrogen and oxygen atoms in total. The van der Waals surface area contributed by atoms with E-state index in [9.17, 15) is 9.59 Å². The summed E-state index contributed by atoms with van der Waals surface area (Å²) in [6, 6.07) is 7.57. The van der Waals surface area contributed by atoms with Gasteiger partial charge < -0.3 is 9.47 Å². The molecule has 98 valence electrons. The van der Waals surface area contributed by atoms with Crippen molar-refractivity contribution in [3.05, 3.63) is 35.4 Å². The molecule has 1 rings (SSSR count). The zero-order valence-electron chi connectivity index (χ0n) is 11.1. The van der Waals surface area contributed by atoms with E-state index in [0.717, 1.165) is 11.1 Å². The van der Waals surface area contributed by atoms with E-state index in [-0.39, 0.29) is 0 Å². The van der Waals surface area contributed by atoms with Crippen LogP contribution in [0, 0.1) is 6.92 Å². The first-order chi connectivity index (χ1) is 8.40. The van der Waals surface area contributed by atoms with Gasteiger partial charge in [-0.2, -0.15) is 0 Å². The van der Waals surface area contributed by atoms with Crippen molar-refractivity contribution in [2.75, 3.05) is 0 Å². The van der Waals surface area contributed by atoms with E-state index in [2.05, 4.69) is 0 Å². The van der Waals surface area contributed by atoms with Crippen LogP contribution < -0.4 is 0 Å². The molecule has 4 heteroatoms. The van der Waals surface area contributed by atoms with Crippen molar-refractivity contribution in [2.24, 2.45) is 0 Å². The second-order valence-corrected chi connectivity index (χ2v) is 4.26. The van der Waals surface area contributed by atoms with Gasteiger partial charge in [0.2, 0.25) is 0 Å². The third kappa shape index (κ3) is 4.20. The van der Waals surface area contributed by atoms with Crippen LogP contribution >= 0.6 is 0 Å². The molecular formula is C14H18O4. The SMILES string of the molecule is CC(=O)OC(c1ccc(C)cc1)[C@@H](C)OC(C)=O. The van der Waals surface area contributed by atoms with Crippen LogP contribution in [0.3, 0.4) is 0 Å². The summed E-state index contributed by atoms with van der Waals surface area (Å²) >= 11 is 0. The number of rotatable bonds is 4. The monoisotopic (exact) mass is 250 g/mol. The summed E-state index contributed by atoms with van der Waals surface area (Å²) in [5, 5.41) is 0. The topological polar surface area (TPSA) is 52.6 Å². The largest absolute Gasteiger partial charge is 0.459 e. The minimum absolute atomic E-state index is 0.397. The minimum Gasteiger partial charge on any atom is -0.459 e. The van der Waals surface area contributed by atoms with E-state index in [4.69, 9.17) is 9.47 Å². The van der Waals surface area contributed by atoms with Crippen LogP contribution in [-0.4, -0.2) is 18.0 Å². The van der Waals surface area contributed by atoms with Crippen LogP contribution in [0.25, 0.3) is 0 Å². The van der Waals surface area contributed by atoms with Gasteiger partial charge in [-0.25, -0.2) is 0 Å². The van der Waals surface area contributed by atoms with Gasteiger partial charge in [0, 0.05) is 13.8 Å². The van der Waals surface area contributed by atoms with E-state index in [1.807, 2.05) is 31.2 Å². The second kappa shape index (κ2) is 6.19. The highest BCUT2D eigenvalue weighted by Gasteiger charge is 2.24. The van der Waals surface area contributed by atoms with Crippen molar-refractivity contribution >= 4 is 11.9 Å². The van der Waals surface area contributed by atoms with Crippen molar-refractivity contribution in [2.45, 2.75) is 39.9 Å². The van der Waals surface area contributed by atoms with E-state index < -0.39 is 24.1 Å². The van der Waals surface area contributed by atoms with Crippen LogP contribution in [0.1, 0.15) is 38.0 Å². The Kier molecular flexibility index (Phi) is 4.89. The van der Waals surface area contributed by atoms with E-state index in [1.165, 1.54) is 13.8 Å². The zero-order chi connectivity index (χ0) is 13.7. The smallest absolute Gasteiger partial charge is 0.303 e. The standard InChI is InChI=1S/C14H18O4/c1-9-5-7-13(8-6-9)14(18-12(4)16)10(2)17-11(3)15/h5-8,10,14H,1-4H3/t10-,14?/m1/s1. The van der Waals surface area contributed by atoms with Crippen LogP contribution in [0.15, 0.2) is 24.3 Å². The fourth-order valence-electron chi connectivity index (χ4n) is 1.69. The Bertz CT molecular complexity index is 422. The molecule has 0 aliphatic rings. The number of hydrogen-bond acceptors (Lipinski definition) is 4. The Morgan fingerprint density at radius 1 is 1.00 bits per heavy atom. The molecule has 2 atom stereocenters. The Morgan fingerprint density at radius 3 is 1.94 bits per heavy atom. The van der Waals surface area contributed by atoms with Crippen LogP contribution in [0.2, 0.25) is 0 Å². The summed E-state index contributed by atoms with van der Waals surface area (Å²) in [4.78, 5) is 22.1. The zero-order valence-corrected chi connectivity index (χ0v) is 11.1. The van der Waals surface area contributed by atoms with Crippen molar-refractivity contribution in [3.63, 3.8) is 0 Å². The predicted octanol–water partition coefficient (Wildman–Crippen LogP) is 2.55. The lowest BCUT2D eigenvalue weighted by Crippen LogP contribution is -2.25. The Balaban J connectivity index is 2.93. The van der Waals surface area contributed by atoms with Crippen molar-refractivity contribution in [1.82, 2.24) is 0 Å². The summed E-state index contributed by atoms with van der Waals surface area (Å²) in [7, 11) is 0. The summed E-state index contributed by atoms with van der Waals surface area (Å²) in [6.07, 6.45) is -1.10. The summed E-state index contributed by atoms with van der Waals surface area (Å²) in [6.45, 7) is 6.34. The summed E-state index contributed by atoms with van der Waals surface area (Å²) in [5.41, 5.74) is 1.92. The summed E-state index contributed by atoms with van der Waals surface area (Å²) in [5.74, 6) is -0.800. The first-order valence-corrected chi connectivity index (χ1v) is 5.81. The summed E-state index contributed by atoms with van der Waals surface area (Å²) < 4.78 is 10.3. The number of ether oxygens (including phenoxy) is 2. The molecule has 0 aliphatic heterocycles. The van der Waals surface area contributed by atoms with Crippen LogP contribution in [-0.2, 0) is 19.1 Å². The highest BCUT2D eigenvalue weighted by atomic mass is 16.6. The number of aryl methyl sites for hydroxylation is 1. The van der Waals surface area contributed by atoms with Gasteiger partial charge >= 0.3 is 11.9 Å². The number of carbonyl (C=O) groups is 2. The Hall–Kier alpha value is -1.84. The Labute approximate surface area is 107 Å². The third-order valence-corrected chi connectivity index (χ3v) is 2.48. The molecule has 0 N–H and O–H groups in total. The number of carbonyl (C=O) groups excluding carboxylic acids is 2. The van der Waals surface area contributed by atoms with Gasteiger partial charge in [0.25, 0.3) is 0 Å². The van der Waals surface area contributed by atoms with Gasteiger partial charge in [-0.3, -0.25) is 9.59 Å². The van der Waals surface area contributed by atoms with Crippen molar-refractivity contribution in [3.8, 4) is 0 Å². The average Bonchev–Trinajstić information content (AvgIpc) is 2.26. The van der Waals surface area contributed by atoms with E-state index in [0.29, 0.717) is 0 Å². The number of benzene rings is 1. The second-order valence-electron chi connectivity index (χ2n) is 4.26. The molecule has 0 heterocycles. The van der Waals surface area contributed by atoms with Gasteiger partial charge in [0.15, 0.2) is 6.10 Å². The number of esters is 2. The fraction of sp³-hybridized carbons (Fsp3) is 0.429. The maximum atomic E-state index is 11.1. The minimum atomic E-state index is -0.577. The lowest BCUT2D eigenvalue weighted by molar-refractivity contribution is -0.164. The van der Waals surface area contributed by atoms with E-state index in [1.54, 1.807) is 6.92 Å². The molecular weight excluding hydrogens is 232 g/mol. The molecule has 0 bridgehead atoms. The van der Waals surface area contributed by atoms with Gasteiger partial charge in [-0.1, -0.05) is 29.8 Å². The molecule has 0 aromatic heterocycles. The average molecular weight is 250 g/mol. The van der Waals surface area contributed by atoms with Gasteiger partial charge in [-0.15, -0.1) is 0 Å². The molecule has 0 aliphatic carbocycles. The molecule has 0 radical (unpaired) electrons. The molecule has 0 saturated carbocycles. The normalized spacial score (nSPS) is 13.6. The number of hydrogen-bond donors (Lipinski definition) is 0. The maximum absolute atomic E-state index is 11.1. The highest BCUT2D eigenvalue weighted by Crippen LogP contribution is 2.24. The van der Waals surface area contributed by atoms with Gasteiger partial charge in [-0.05, 0) is 19.4 Å². The molecule has 1 unspecified atom stereocenters. The maximum Gasteiger partial charge on any atom is 0.303 e. The Morgan fingerprint density at radius 2 is 1.50 bits per heavy atom. The van der Waals surface area contributed by atoms with Crippen molar-refractivity contribution < 1.29 is 19.1 Å². The quantitative estimate of drug-likeness (QED) is 0.771. The highest BCUT2D eigenvalue weighted by molar-refractivity contribution is 5.67. The van der Waals surface area contributed by atoms with Crippen molar-refractivity contribution in [1.29, 1.82) is 0 Å². The lowest BCUT2D eigenvalue weighted by Gasteiger charge is -2.23. The fourth-order valence-corrected chi connectivity index (χ4v) is 1.69. The molecule has 18 heavy (non-hydrogen) atoms. The third-order valence-electron chi connectivity index (χ3n) is 2.48. The molecule has 0 saturated heterocycles. The van der Waals surface area contributed by atoms with Gasteiger partial charge in [0.1, 0.15) is 6.10 Å². The van der Waals surface area contributed by atoms with E-state index >= 15 is 0 Å². The molecule has 0 fully saturated rings. The predicted molar refractivity (Wildman–Crippen MR) is 66.9 cm³/mol. The van der Waals surface area contributed by atoms with Gasteiger partial charge in [0.05, 0.1) is 0 Å². The van der Waals surface area contributed by atoms with Crippen LogP contribution in [0.4, 0.5) is 0 Å². The van der Waals surface area contributed by atoms with Crippen LogP contribution in [0.5, 0.6) is 0 Å². The molecule has 1 aromatic carbocycles. The molecule has 0 spiro atoms. The lowest BCUT2D eigenvalue weighted by atomic mass is 10.0. The first-order valence-electron chi connectivity index (χ1n) is 5.81. The molecule has 1 aromatic rings.